The summed E-state index contributed by atoms with van der Waals surface area (Å²) in [6.45, 7) is 6.52. The van der Waals surface area contributed by atoms with Crippen LogP contribution < -0.4 is 9.62 Å². The molecule has 0 radical (unpaired) electrons. The Morgan fingerprint density at radius 3 is 2.39 bits per heavy atom. The number of hydrogen-bond donors (Lipinski definition) is 1. The molecule has 5 nitrogen and oxygen atoms in total. The molecule has 0 atom stereocenters. The van der Waals surface area contributed by atoms with Gasteiger partial charge in [-0.2, -0.15) is 0 Å². The molecule has 152 valence electrons. The third-order valence-corrected chi connectivity index (χ3v) is 6.81. The number of nitrogens with one attached hydrogen (secondary N) is 1. The van der Waals surface area contributed by atoms with E-state index in [1.165, 1.54) is 23.9 Å². The number of halogens is 2. The van der Waals surface area contributed by atoms with E-state index in [0.717, 1.165) is 44.2 Å². The lowest BCUT2D eigenvalue weighted by Crippen LogP contribution is -2.47. The van der Waals surface area contributed by atoms with Gasteiger partial charge in [0, 0.05) is 43.4 Å². The highest BCUT2D eigenvalue weighted by atomic mass is 35.5. The molecule has 8 heteroatoms. The van der Waals surface area contributed by atoms with E-state index in [2.05, 4.69) is 14.5 Å². The SMILES string of the molecule is Cc1cc(F)ccc1S(=O)(=O)NCCCN1CCN(c2ccc(Cl)cc2)CC1. The quantitative estimate of drug-likeness (QED) is 0.692. The summed E-state index contributed by atoms with van der Waals surface area (Å²) in [6, 6.07) is 11.6. The van der Waals surface area contributed by atoms with E-state index >= 15 is 0 Å². The second-order valence-electron chi connectivity index (χ2n) is 6.97. The fourth-order valence-electron chi connectivity index (χ4n) is 3.38. The molecule has 0 aliphatic carbocycles. The van der Waals surface area contributed by atoms with Crippen molar-refractivity contribution >= 4 is 27.3 Å². The van der Waals surface area contributed by atoms with Crippen molar-refractivity contribution in [1.29, 1.82) is 0 Å². The third kappa shape index (κ3) is 5.44. The van der Waals surface area contributed by atoms with Gasteiger partial charge in [-0.05, 0) is 67.9 Å². The van der Waals surface area contributed by atoms with E-state index in [4.69, 9.17) is 11.6 Å². The third-order valence-electron chi connectivity index (χ3n) is 4.93. The van der Waals surface area contributed by atoms with Crippen molar-refractivity contribution in [3.05, 3.63) is 58.9 Å². The van der Waals surface area contributed by atoms with Crippen LogP contribution >= 0.6 is 11.6 Å². The Balaban J connectivity index is 1.42. The predicted octanol–water partition coefficient (Wildman–Crippen LogP) is 3.28. The number of benzene rings is 2. The van der Waals surface area contributed by atoms with Crippen molar-refractivity contribution in [2.24, 2.45) is 0 Å². The van der Waals surface area contributed by atoms with Crippen LogP contribution in [0.5, 0.6) is 0 Å². The topological polar surface area (TPSA) is 52.7 Å². The number of anilines is 1. The van der Waals surface area contributed by atoms with Gasteiger partial charge in [0.25, 0.3) is 0 Å². The molecule has 0 unspecified atom stereocenters. The molecule has 2 aromatic carbocycles. The minimum atomic E-state index is -3.61. The number of nitrogens with zero attached hydrogens (tertiary/aromatic N) is 2. The van der Waals surface area contributed by atoms with Crippen LogP contribution in [0.3, 0.4) is 0 Å². The zero-order valence-electron chi connectivity index (χ0n) is 15.9. The summed E-state index contributed by atoms with van der Waals surface area (Å²) >= 11 is 5.94. The number of piperazine rings is 1. The van der Waals surface area contributed by atoms with Crippen LogP contribution in [0.15, 0.2) is 47.4 Å². The summed E-state index contributed by atoms with van der Waals surface area (Å²) in [6.07, 6.45) is 0.723. The number of sulfonamides is 1. The summed E-state index contributed by atoms with van der Waals surface area (Å²) < 4.78 is 40.5. The highest BCUT2D eigenvalue weighted by Gasteiger charge is 2.19. The van der Waals surface area contributed by atoms with Crippen LogP contribution in [0.2, 0.25) is 5.02 Å². The molecular weight excluding hydrogens is 401 g/mol. The lowest BCUT2D eigenvalue weighted by Gasteiger charge is -2.36. The molecule has 1 saturated heterocycles. The lowest BCUT2D eigenvalue weighted by molar-refractivity contribution is 0.255. The maximum Gasteiger partial charge on any atom is 0.240 e. The van der Waals surface area contributed by atoms with E-state index in [1.807, 2.05) is 24.3 Å². The summed E-state index contributed by atoms with van der Waals surface area (Å²) in [7, 11) is -3.61. The van der Waals surface area contributed by atoms with Gasteiger partial charge in [-0.3, -0.25) is 4.90 Å². The molecule has 0 saturated carbocycles. The van der Waals surface area contributed by atoms with E-state index in [-0.39, 0.29) is 4.90 Å². The van der Waals surface area contributed by atoms with Crippen LogP contribution in [-0.4, -0.2) is 52.6 Å². The molecule has 1 fully saturated rings. The van der Waals surface area contributed by atoms with Crippen LogP contribution in [0, 0.1) is 12.7 Å². The number of hydrogen-bond acceptors (Lipinski definition) is 4. The van der Waals surface area contributed by atoms with Gasteiger partial charge in [-0.15, -0.1) is 0 Å². The monoisotopic (exact) mass is 425 g/mol. The molecule has 3 rings (SSSR count). The standard InChI is InChI=1S/C20H25ClFN3O2S/c1-16-15-18(22)5-8-20(16)28(26,27)23-9-2-10-24-11-13-25(14-12-24)19-6-3-17(21)4-7-19/h3-8,15,23H,2,9-14H2,1H3. The first-order chi connectivity index (χ1) is 13.3. The first kappa shape index (κ1) is 21.0. The maximum atomic E-state index is 13.2. The van der Waals surface area contributed by atoms with E-state index in [1.54, 1.807) is 6.92 Å². The number of aryl methyl sites for hydroxylation is 1. The van der Waals surface area contributed by atoms with Crippen molar-refractivity contribution in [2.75, 3.05) is 44.2 Å². The molecule has 1 aliphatic heterocycles. The van der Waals surface area contributed by atoms with Crippen molar-refractivity contribution in [2.45, 2.75) is 18.2 Å². The fourth-order valence-corrected chi connectivity index (χ4v) is 4.81. The van der Waals surface area contributed by atoms with Crippen molar-refractivity contribution in [3.63, 3.8) is 0 Å². The Labute approximate surface area is 171 Å². The lowest BCUT2D eigenvalue weighted by atomic mass is 10.2. The van der Waals surface area contributed by atoms with Gasteiger partial charge in [0.2, 0.25) is 10.0 Å². The average molecular weight is 426 g/mol. The van der Waals surface area contributed by atoms with E-state index < -0.39 is 15.8 Å². The van der Waals surface area contributed by atoms with Crippen LogP contribution in [0.4, 0.5) is 10.1 Å². The zero-order chi connectivity index (χ0) is 20.1. The van der Waals surface area contributed by atoms with Crippen molar-refractivity contribution in [3.8, 4) is 0 Å². The van der Waals surface area contributed by atoms with Crippen molar-refractivity contribution < 1.29 is 12.8 Å². The normalized spacial score (nSPS) is 15.8. The fraction of sp³-hybridized carbons (Fsp3) is 0.400. The Morgan fingerprint density at radius 1 is 1.07 bits per heavy atom. The van der Waals surface area contributed by atoms with Gasteiger partial charge in [-0.25, -0.2) is 17.5 Å². The minimum absolute atomic E-state index is 0.130. The summed E-state index contributed by atoms with van der Waals surface area (Å²) in [5.41, 5.74) is 1.58. The molecular formula is C20H25ClFN3O2S. The highest BCUT2D eigenvalue weighted by molar-refractivity contribution is 7.89. The molecule has 0 spiro atoms. The first-order valence-electron chi connectivity index (χ1n) is 9.34. The molecule has 1 heterocycles. The smallest absolute Gasteiger partial charge is 0.240 e. The summed E-state index contributed by atoms with van der Waals surface area (Å²) in [4.78, 5) is 4.79. The second-order valence-corrected chi connectivity index (χ2v) is 9.14. The average Bonchev–Trinajstić information content (AvgIpc) is 2.66. The Kier molecular flexibility index (Phi) is 6.93. The van der Waals surface area contributed by atoms with Gasteiger partial charge in [0.1, 0.15) is 5.82 Å². The Morgan fingerprint density at radius 2 is 1.75 bits per heavy atom. The second kappa shape index (κ2) is 9.22. The molecule has 0 bridgehead atoms. The van der Waals surface area contributed by atoms with Gasteiger partial charge in [0.05, 0.1) is 4.90 Å². The molecule has 1 N–H and O–H groups in total. The van der Waals surface area contributed by atoms with E-state index in [0.29, 0.717) is 12.1 Å². The number of rotatable bonds is 7. The largest absolute Gasteiger partial charge is 0.369 e. The van der Waals surface area contributed by atoms with Gasteiger partial charge in [0.15, 0.2) is 0 Å². The molecule has 0 aromatic heterocycles. The van der Waals surface area contributed by atoms with Gasteiger partial charge >= 0.3 is 0 Å². The van der Waals surface area contributed by atoms with E-state index in [9.17, 15) is 12.8 Å². The van der Waals surface area contributed by atoms with Crippen LogP contribution in [-0.2, 0) is 10.0 Å². The molecule has 0 amide bonds. The van der Waals surface area contributed by atoms with Crippen molar-refractivity contribution in [1.82, 2.24) is 9.62 Å². The highest BCUT2D eigenvalue weighted by Crippen LogP contribution is 2.19. The first-order valence-corrected chi connectivity index (χ1v) is 11.2. The van der Waals surface area contributed by atoms with Gasteiger partial charge in [-0.1, -0.05) is 11.6 Å². The zero-order valence-corrected chi connectivity index (χ0v) is 17.4. The summed E-state index contributed by atoms with van der Waals surface area (Å²) in [5, 5.41) is 0.737. The predicted molar refractivity (Wildman–Crippen MR) is 111 cm³/mol. The van der Waals surface area contributed by atoms with Crippen LogP contribution in [0.25, 0.3) is 0 Å². The molecule has 2 aromatic rings. The Bertz CT molecular complexity index is 898. The maximum absolute atomic E-state index is 13.2. The minimum Gasteiger partial charge on any atom is -0.369 e. The molecule has 1 aliphatic rings. The van der Waals surface area contributed by atoms with Crippen LogP contribution in [0.1, 0.15) is 12.0 Å². The Hall–Kier alpha value is -1.67. The summed E-state index contributed by atoms with van der Waals surface area (Å²) in [5.74, 6) is -0.436. The van der Waals surface area contributed by atoms with Gasteiger partial charge < -0.3 is 4.90 Å². The molecule has 28 heavy (non-hydrogen) atoms.